The Bertz CT molecular complexity index is 973. The molecule has 1 aromatic carbocycles. The van der Waals surface area contributed by atoms with Crippen molar-refractivity contribution < 1.29 is 4.52 Å². The number of hydrogen-bond acceptors (Lipinski definition) is 7. The van der Waals surface area contributed by atoms with Gasteiger partial charge < -0.3 is 4.52 Å². The number of thioether (sulfide) groups is 1. The SMILES string of the molecule is CC(C)c1ccc(-c2noc(CSc3n[nH]c(-c4cccs4)n3)n2)cc1. The first-order chi connectivity index (χ1) is 12.7. The van der Waals surface area contributed by atoms with Crippen molar-refractivity contribution in [1.29, 1.82) is 0 Å². The fourth-order valence-electron chi connectivity index (χ4n) is 2.41. The molecule has 0 unspecified atom stereocenters. The highest BCUT2D eigenvalue weighted by atomic mass is 32.2. The van der Waals surface area contributed by atoms with Gasteiger partial charge in [0.15, 0.2) is 5.82 Å². The van der Waals surface area contributed by atoms with E-state index >= 15 is 0 Å². The van der Waals surface area contributed by atoms with Crippen molar-refractivity contribution in [1.82, 2.24) is 25.3 Å². The number of hydrogen-bond donors (Lipinski definition) is 1. The van der Waals surface area contributed by atoms with Crippen LogP contribution >= 0.6 is 23.1 Å². The zero-order chi connectivity index (χ0) is 17.9. The van der Waals surface area contributed by atoms with Gasteiger partial charge in [0.05, 0.1) is 10.6 Å². The number of thiophene rings is 1. The van der Waals surface area contributed by atoms with Crippen LogP contribution in [0.4, 0.5) is 0 Å². The highest BCUT2D eigenvalue weighted by Crippen LogP contribution is 2.26. The zero-order valence-electron chi connectivity index (χ0n) is 14.3. The van der Waals surface area contributed by atoms with Crippen molar-refractivity contribution in [2.45, 2.75) is 30.7 Å². The summed E-state index contributed by atoms with van der Waals surface area (Å²) in [5, 5.41) is 13.9. The number of rotatable bonds is 6. The monoisotopic (exact) mass is 383 g/mol. The van der Waals surface area contributed by atoms with Crippen molar-refractivity contribution >= 4 is 23.1 Å². The molecule has 6 nitrogen and oxygen atoms in total. The average Bonchev–Trinajstić information content (AvgIpc) is 3.40. The lowest BCUT2D eigenvalue weighted by atomic mass is 10.0. The summed E-state index contributed by atoms with van der Waals surface area (Å²) >= 11 is 3.08. The molecule has 132 valence electrons. The van der Waals surface area contributed by atoms with E-state index in [-0.39, 0.29) is 0 Å². The molecule has 0 aliphatic rings. The molecule has 0 amide bonds. The van der Waals surface area contributed by atoms with Gasteiger partial charge in [0, 0.05) is 5.56 Å². The van der Waals surface area contributed by atoms with Gasteiger partial charge in [0.25, 0.3) is 0 Å². The van der Waals surface area contributed by atoms with Crippen LogP contribution in [0.3, 0.4) is 0 Å². The molecule has 0 spiro atoms. The summed E-state index contributed by atoms with van der Waals surface area (Å²) < 4.78 is 5.35. The zero-order valence-corrected chi connectivity index (χ0v) is 16.0. The van der Waals surface area contributed by atoms with E-state index in [0.717, 1.165) is 16.3 Å². The molecule has 1 N–H and O–H groups in total. The van der Waals surface area contributed by atoms with E-state index in [9.17, 15) is 0 Å². The molecule has 0 aliphatic carbocycles. The maximum absolute atomic E-state index is 5.35. The number of aromatic nitrogens is 5. The molecule has 0 fully saturated rings. The van der Waals surface area contributed by atoms with Crippen LogP contribution < -0.4 is 0 Å². The van der Waals surface area contributed by atoms with Crippen LogP contribution in [0.5, 0.6) is 0 Å². The maximum Gasteiger partial charge on any atom is 0.237 e. The van der Waals surface area contributed by atoms with Crippen molar-refractivity contribution in [2.75, 3.05) is 0 Å². The fraction of sp³-hybridized carbons (Fsp3) is 0.222. The van der Waals surface area contributed by atoms with E-state index in [1.165, 1.54) is 17.3 Å². The van der Waals surface area contributed by atoms with Gasteiger partial charge in [-0.1, -0.05) is 61.1 Å². The number of H-pyrrole nitrogens is 1. The van der Waals surface area contributed by atoms with Gasteiger partial charge in [0.2, 0.25) is 16.9 Å². The van der Waals surface area contributed by atoms with Gasteiger partial charge in [-0.2, -0.15) is 4.98 Å². The van der Waals surface area contributed by atoms with E-state index < -0.39 is 0 Å². The van der Waals surface area contributed by atoms with E-state index in [4.69, 9.17) is 4.52 Å². The van der Waals surface area contributed by atoms with Crippen LogP contribution in [0.15, 0.2) is 51.5 Å². The molecule has 3 aromatic heterocycles. The lowest BCUT2D eigenvalue weighted by molar-refractivity contribution is 0.391. The molecule has 0 bridgehead atoms. The van der Waals surface area contributed by atoms with E-state index in [2.05, 4.69) is 51.3 Å². The summed E-state index contributed by atoms with van der Waals surface area (Å²) in [4.78, 5) is 10.0. The molecule has 0 radical (unpaired) electrons. The second kappa shape index (κ2) is 7.43. The highest BCUT2D eigenvalue weighted by Gasteiger charge is 2.12. The summed E-state index contributed by atoms with van der Waals surface area (Å²) in [6.45, 7) is 4.34. The summed E-state index contributed by atoms with van der Waals surface area (Å²) in [5.74, 6) is 2.96. The van der Waals surface area contributed by atoms with Crippen LogP contribution in [0.25, 0.3) is 22.1 Å². The first kappa shape index (κ1) is 17.0. The molecular weight excluding hydrogens is 366 g/mol. The Balaban J connectivity index is 1.41. The highest BCUT2D eigenvalue weighted by molar-refractivity contribution is 7.98. The predicted molar refractivity (Wildman–Crippen MR) is 103 cm³/mol. The lowest BCUT2D eigenvalue weighted by Gasteiger charge is -2.04. The second-order valence-electron chi connectivity index (χ2n) is 6.02. The van der Waals surface area contributed by atoms with Gasteiger partial charge in [-0.05, 0) is 22.9 Å². The Morgan fingerprint density at radius 1 is 1.15 bits per heavy atom. The van der Waals surface area contributed by atoms with E-state index in [0.29, 0.717) is 28.5 Å². The molecule has 0 atom stereocenters. The molecular formula is C18H17N5OS2. The van der Waals surface area contributed by atoms with E-state index in [1.54, 1.807) is 11.3 Å². The van der Waals surface area contributed by atoms with Crippen molar-refractivity contribution in [2.24, 2.45) is 0 Å². The Kier molecular flexibility index (Phi) is 4.85. The molecule has 3 heterocycles. The van der Waals surface area contributed by atoms with Gasteiger partial charge in [0.1, 0.15) is 0 Å². The Labute approximate surface area is 159 Å². The summed E-state index contributed by atoms with van der Waals surface area (Å²) in [6, 6.07) is 12.3. The third-order valence-corrected chi connectivity index (χ3v) is 5.56. The molecule has 4 rings (SSSR count). The van der Waals surface area contributed by atoms with Gasteiger partial charge in [-0.3, -0.25) is 5.10 Å². The molecule has 26 heavy (non-hydrogen) atoms. The Morgan fingerprint density at radius 3 is 2.73 bits per heavy atom. The van der Waals surface area contributed by atoms with Crippen molar-refractivity contribution in [3.8, 4) is 22.1 Å². The number of benzene rings is 1. The molecule has 0 aliphatic heterocycles. The van der Waals surface area contributed by atoms with Crippen LogP contribution in [-0.4, -0.2) is 25.3 Å². The molecule has 8 heteroatoms. The standard InChI is InChI=1S/C18H17N5OS2/c1-11(2)12-5-7-13(8-6-12)16-19-15(24-23-16)10-26-18-20-17(21-22-18)14-4-3-9-25-14/h3-9,11H,10H2,1-2H3,(H,20,21,22). The second-order valence-corrected chi connectivity index (χ2v) is 7.91. The smallest absolute Gasteiger partial charge is 0.237 e. The van der Waals surface area contributed by atoms with Crippen LogP contribution in [0.2, 0.25) is 0 Å². The third-order valence-electron chi connectivity index (χ3n) is 3.85. The van der Waals surface area contributed by atoms with Crippen molar-refractivity contribution in [3.05, 3.63) is 53.2 Å². The topological polar surface area (TPSA) is 80.5 Å². The Hall–Kier alpha value is -2.45. The molecule has 0 saturated heterocycles. The summed E-state index contributed by atoms with van der Waals surface area (Å²) in [6.07, 6.45) is 0. The number of aromatic amines is 1. The maximum atomic E-state index is 5.35. The first-order valence-corrected chi connectivity index (χ1v) is 10.1. The van der Waals surface area contributed by atoms with Gasteiger partial charge in [-0.25, -0.2) is 4.98 Å². The number of nitrogens with one attached hydrogen (secondary N) is 1. The Morgan fingerprint density at radius 2 is 2.00 bits per heavy atom. The van der Waals surface area contributed by atoms with Gasteiger partial charge in [-0.15, -0.1) is 16.4 Å². The molecule has 4 aromatic rings. The summed E-state index contributed by atoms with van der Waals surface area (Å²) in [7, 11) is 0. The molecule has 0 saturated carbocycles. The number of nitrogens with zero attached hydrogens (tertiary/aromatic N) is 4. The average molecular weight is 384 g/mol. The van der Waals surface area contributed by atoms with Crippen LogP contribution in [-0.2, 0) is 5.75 Å². The minimum absolute atomic E-state index is 0.502. The van der Waals surface area contributed by atoms with Gasteiger partial charge >= 0.3 is 0 Å². The minimum Gasteiger partial charge on any atom is -0.338 e. The lowest BCUT2D eigenvalue weighted by Crippen LogP contribution is -1.88. The van der Waals surface area contributed by atoms with Crippen LogP contribution in [0, 0.1) is 0 Å². The predicted octanol–water partition coefficient (Wildman–Crippen LogP) is 5.00. The minimum atomic E-state index is 0.502. The van der Waals surface area contributed by atoms with Crippen LogP contribution in [0.1, 0.15) is 31.2 Å². The fourth-order valence-corrected chi connectivity index (χ4v) is 3.71. The normalized spacial score (nSPS) is 11.3. The first-order valence-electron chi connectivity index (χ1n) is 8.21. The quantitative estimate of drug-likeness (QED) is 0.472. The third kappa shape index (κ3) is 3.71. The largest absolute Gasteiger partial charge is 0.338 e. The van der Waals surface area contributed by atoms with E-state index in [1.807, 2.05) is 29.6 Å². The summed E-state index contributed by atoms with van der Waals surface area (Å²) in [5.41, 5.74) is 2.24. The van der Waals surface area contributed by atoms with Crippen molar-refractivity contribution in [3.63, 3.8) is 0 Å².